The Morgan fingerprint density at radius 2 is 1.42 bits per heavy atom. The van der Waals surface area contributed by atoms with E-state index in [0.717, 1.165) is 34.8 Å². The zero-order chi connectivity index (χ0) is 31.9. The summed E-state index contributed by atoms with van der Waals surface area (Å²) in [6.07, 6.45) is 11.2. The maximum absolute atomic E-state index is 5.58. The summed E-state index contributed by atoms with van der Waals surface area (Å²) in [5.41, 5.74) is 8.29. The number of benzene rings is 6. The SMILES string of the molecule is C/C=C\c1c(C)c2ccccc2c2ccc(C3=Nc4sc5ccccc5c4NC3n3c4ccccc4c4cc5c(cc43)=CCCC=5)cc12. The van der Waals surface area contributed by atoms with Crippen LogP contribution in [0.25, 0.3) is 71.7 Å². The Labute approximate surface area is 282 Å². The Bertz CT molecular complexity index is 2850. The highest BCUT2D eigenvalue weighted by Crippen LogP contribution is 2.48. The van der Waals surface area contributed by atoms with Crippen LogP contribution in [0, 0.1) is 6.92 Å². The number of allylic oxidation sites excluding steroid dienone is 1. The van der Waals surface area contributed by atoms with Gasteiger partial charge in [0.25, 0.3) is 0 Å². The average Bonchev–Trinajstić information content (AvgIpc) is 3.66. The van der Waals surface area contributed by atoms with Crippen LogP contribution in [-0.4, -0.2) is 10.3 Å². The van der Waals surface area contributed by atoms with Gasteiger partial charge in [0.1, 0.15) is 11.2 Å². The third-order valence-corrected chi connectivity index (χ3v) is 11.4. The molecule has 2 aromatic heterocycles. The monoisotopic (exact) mass is 635 g/mol. The van der Waals surface area contributed by atoms with Gasteiger partial charge in [0.05, 0.1) is 22.4 Å². The molecule has 0 bridgehead atoms. The number of aliphatic imine (C=N–C) groups is 1. The van der Waals surface area contributed by atoms with Gasteiger partial charge in [-0.05, 0) is 100 Å². The summed E-state index contributed by atoms with van der Waals surface area (Å²) in [5.74, 6) is 0. The van der Waals surface area contributed by atoms with Crippen LogP contribution < -0.4 is 15.8 Å². The minimum Gasteiger partial charge on any atom is -0.357 e. The number of rotatable bonds is 3. The van der Waals surface area contributed by atoms with Crippen molar-refractivity contribution in [3.05, 3.63) is 136 Å². The Hall–Kier alpha value is -5.45. The smallest absolute Gasteiger partial charge is 0.148 e. The quantitative estimate of drug-likeness (QED) is 0.192. The summed E-state index contributed by atoms with van der Waals surface area (Å²) in [4.78, 5) is 5.58. The van der Waals surface area contributed by atoms with Crippen molar-refractivity contribution < 1.29 is 0 Å². The Balaban J connectivity index is 1.29. The van der Waals surface area contributed by atoms with Crippen LogP contribution in [0.3, 0.4) is 0 Å². The fraction of sp³-hybridized carbons (Fsp3) is 0.114. The van der Waals surface area contributed by atoms with Gasteiger partial charge in [-0.25, -0.2) is 4.99 Å². The number of fused-ring (bicyclic) bond motifs is 10. The Kier molecular flexibility index (Phi) is 6.06. The molecule has 10 rings (SSSR count). The van der Waals surface area contributed by atoms with Crippen LogP contribution in [0.15, 0.2) is 114 Å². The molecule has 0 saturated carbocycles. The third kappa shape index (κ3) is 3.96. The molecule has 230 valence electrons. The van der Waals surface area contributed by atoms with Crippen molar-refractivity contribution in [3.63, 3.8) is 0 Å². The molecular formula is C44H33N3S. The second-order valence-corrected chi connectivity index (χ2v) is 14.1. The molecule has 4 heteroatoms. The summed E-state index contributed by atoms with van der Waals surface area (Å²) in [5, 5.41) is 16.7. The number of aromatic nitrogens is 1. The van der Waals surface area contributed by atoms with Gasteiger partial charge in [0.2, 0.25) is 0 Å². The number of aryl methyl sites for hydroxylation is 1. The van der Waals surface area contributed by atoms with Crippen molar-refractivity contribution in [2.75, 3.05) is 5.32 Å². The van der Waals surface area contributed by atoms with E-state index in [1.54, 1.807) is 11.3 Å². The Morgan fingerprint density at radius 3 is 2.25 bits per heavy atom. The molecule has 0 spiro atoms. The summed E-state index contributed by atoms with van der Waals surface area (Å²) >= 11 is 1.76. The Morgan fingerprint density at radius 1 is 0.708 bits per heavy atom. The number of hydrogen-bond acceptors (Lipinski definition) is 3. The molecule has 2 aliphatic rings. The number of para-hydroxylation sites is 1. The van der Waals surface area contributed by atoms with Gasteiger partial charge < -0.3 is 9.88 Å². The lowest BCUT2D eigenvalue weighted by Gasteiger charge is -2.29. The highest BCUT2D eigenvalue weighted by atomic mass is 32.1. The fourth-order valence-corrected chi connectivity index (χ4v) is 9.21. The molecule has 0 amide bonds. The molecule has 1 atom stereocenters. The second-order valence-electron chi connectivity index (χ2n) is 13.0. The number of nitrogens with zero attached hydrogens (tertiary/aromatic N) is 2. The topological polar surface area (TPSA) is 29.3 Å². The minimum absolute atomic E-state index is 0.215. The molecule has 3 heterocycles. The van der Waals surface area contributed by atoms with Crippen molar-refractivity contribution in [3.8, 4) is 0 Å². The predicted octanol–water partition coefficient (Wildman–Crippen LogP) is 10.8. The summed E-state index contributed by atoms with van der Waals surface area (Å²) < 4.78 is 3.75. The largest absolute Gasteiger partial charge is 0.357 e. The molecule has 0 fully saturated rings. The molecule has 0 radical (unpaired) electrons. The number of hydrogen-bond donors (Lipinski definition) is 1. The van der Waals surface area contributed by atoms with E-state index in [1.165, 1.54) is 75.0 Å². The van der Waals surface area contributed by atoms with Gasteiger partial charge in [0.15, 0.2) is 0 Å². The lowest BCUT2D eigenvalue weighted by molar-refractivity contribution is 0.761. The second kappa shape index (κ2) is 10.5. The van der Waals surface area contributed by atoms with Crippen LogP contribution in [0.4, 0.5) is 10.7 Å². The highest BCUT2D eigenvalue weighted by Gasteiger charge is 2.31. The molecule has 8 aromatic rings. The third-order valence-electron chi connectivity index (χ3n) is 10.4. The van der Waals surface area contributed by atoms with Crippen LogP contribution in [0.1, 0.15) is 42.6 Å². The van der Waals surface area contributed by atoms with Crippen LogP contribution >= 0.6 is 11.3 Å². The normalized spacial score (nSPS) is 15.9. The first-order valence-electron chi connectivity index (χ1n) is 16.9. The molecule has 1 aliphatic carbocycles. The van der Waals surface area contributed by atoms with E-state index in [-0.39, 0.29) is 6.17 Å². The zero-order valence-corrected chi connectivity index (χ0v) is 27.7. The van der Waals surface area contributed by atoms with E-state index in [9.17, 15) is 0 Å². The molecule has 1 unspecified atom stereocenters. The van der Waals surface area contributed by atoms with E-state index in [0.29, 0.717) is 0 Å². The lowest BCUT2D eigenvalue weighted by atomic mass is 9.90. The molecule has 0 saturated heterocycles. The van der Waals surface area contributed by atoms with E-state index < -0.39 is 0 Å². The predicted molar refractivity (Wildman–Crippen MR) is 208 cm³/mol. The molecule has 1 aliphatic heterocycles. The van der Waals surface area contributed by atoms with Gasteiger partial charge in [-0.15, -0.1) is 11.3 Å². The first-order chi connectivity index (χ1) is 23.7. The van der Waals surface area contributed by atoms with Crippen LogP contribution in [0.2, 0.25) is 0 Å². The molecular weight excluding hydrogens is 603 g/mol. The van der Waals surface area contributed by atoms with Crippen molar-refractivity contribution in [1.29, 1.82) is 0 Å². The van der Waals surface area contributed by atoms with E-state index in [4.69, 9.17) is 4.99 Å². The maximum Gasteiger partial charge on any atom is 0.148 e. The van der Waals surface area contributed by atoms with E-state index in [1.807, 2.05) is 0 Å². The zero-order valence-electron chi connectivity index (χ0n) is 26.9. The van der Waals surface area contributed by atoms with Gasteiger partial charge in [0, 0.05) is 26.4 Å². The van der Waals surface area contributed by atoms with Gasteiger partial charge in [-0.1, -0.05) is 97.1 Å². The number of thiophene rings is 1. The standard InChI is InChI=1S/C44H33N3S/c1-3-12-30-26(2)31-15-6-7-16-32(31)33-22-21-29(24-36(30)33)41-43(45-42-35-18-9-11-20-40(35)48-44(42)46-41)47-38-19-10-8-17-34(38)37-23-27-13-4-5-14-28(27)25-39(37)47/h3,6-25,43,45H,4-5H2,1-2H3/b12-3-. The van der Waals surface area contributed by atoms with Gasteiger partial charge >= 0.3 is 0 Å². The summed E-state index contributed by atoms with van der Waals surface area (Å²) in [6, 6.07) is 38.1. The van der Waals surface area contributed by atoms with Crippen LogP contribution in [-0.2, 0) is 0 Å². The van der Waals surface area contributed by atoms with Crippen molar-refractivity contribution in [2.24, 2.45) is 4.99 Å². The highest BCUT2D eigenvalue weighted by molar-refractivity contribution is 7.23. The minimum atomic E-state index is -0.215. The van der Waals surface area contributed by atoms with Crippen molar-refractivity contribution in [1.82, 2.24) is 4.57 Å². The van der Waals surface area contributed by atoms with Crippen molar-refractivity contribution in [2.45, 2.75) is 32.9 Å². The first-order valence-corrected chi connectivity index (χ1v) is 17.7. The lowest BCUT2D eigenvalue weighted by Crippen LogP contribution is -2.31. The van der Waals surface area contributed by atoms with E-state index in [2.05, 4.69) is 151 Å². The first kappa shape index (κ1) is 27.6. The number of nitrogens with one attached hydrogen (secondary N) is 1. The molecule has 6 aromatic carbocycles. The molecule has 48 heavy (non-hydrogen) atoms. The summed E-state index contributed by atoms with van der Waals surface area (Å²) in [7, 11) is 0. The van der Waals surface area contributed by atoms with Gasteiger partial charge in [-0.2, -0.15) is 0 Å². The summed E-state index contributed by atoms with van der Waals surface area (Å²) in [6.45, 7) is 4.36. The number of anilines is 1. The average molecular weight is 636 g/mol. The maximum atomic E-state index is 5.58. The molecule has 1 N–H and O–H groups in total. The van der Waals surface area contributed by atoms with Crippen molar-refractivity contribution >= 4 is 99.4 Å². The van der Waals surface area contributed by atoms with E-state index >= 15 is 0 Å². The van der Waals surface area contributed by atoms with Crippen LogP contribution in [0.5, 0.6) is 0 Å². The fourth-order valence-electron chi connectivity index (χ4n) is 8.16. The van der Waals surface area contributed by atoms with Gasteiger partial charge in [-0.3, -0.25) is 0 Å². The molecule has 3 nitrogen and oxygen atoms in total.